The summed E-state index contributed by atoms with van der Waals surface area (Å²) in [5, 5.41) is 13.8. The largest absolute Gasteiger partial charge is 0.353 e. The van der Waals surface area contributed by atoms with Crippen LogP contribution in [0.5, 0.6) is 0 Å². The lowest BCUT2D eigenvalue weighted by Gasteiger charge is -2.09. The molecule has 0 spiro atoms. The first-order chi connectivity index (χ1) is 12.5. The van der Waals surface area contributed by atoms with E-state index >= 15 is 0 Å². The van der Waals surface area contributed by atoms with Crippen molar-refractivity contribution in [3.05, 3.63) is 70.6 Å². The zero-order valence-corrected chi connectivity index (χ0v) is 14.1. The summed E-state index contributed by atoms with van der Waals surface area (Å²) in [4.78, 5) is 4.11. The van der Waals surface area contributed by atoms with Crippen LogP contribution in [0.1, 0.15) is 5.56 Å². The Morgan fingerprint density at radius 1 is 0.962 bits per heavy atom. The first-order valence-corrected chi connectivity index (χ1v) is 7.99. The quantitative estimate of drug-likeness (QED) is 0.624. The van der Waals surface area contributed by atoms with Crippen molar-refractivity contribution < 1.29 is 13.2 Å². The first-order valence-electron chi connectivity index (χ1n) is 7.61. The van der Waals surface area contributed by atoms with Crippen molar-refractivity contribution in [2.75, 3.05) is 17.2 Å². The topological polar surface area (TPSA) is 62.7 Å². The zero-order valence-electron chi connectivity index (χ0n) is 13.3. The van der Waals surface area contributed by atoms with Crippen molar-refractivity contribution in [2.24, 2.45) is 0 Å². The van der Waals surface area contributed by atoms with E-state index in [2.05, 4.69) is 25.8 Å². The van der Waals surface area contributed by atoms with Crippen molar-refractivity contribution in [1.82, 2.24) is 15.2 Å². The Morgan fingerprint density at radius 2 is 1.73 bits per heavy atom. The highest BCUT2D eigenvalue weighted by atomic mass is 35.5. The molecule has 0 fully saturated rings. The van der Waals surface area contributed by atoms with Gasteiger partial charge < -0.3 is 10.6 Å². The molecule has 0 amide bonds. The highest BCUT2D eigenvalue weighted by Crippen LogP contribution is 2.22. The molecule has 0 saturated heterocycles. The van der Waals surface area contributed by atoms with Crippen LogP contribution in [0.2, 0.25) is 5.02 Å². The van der Waals surface area contributed by atoms with Crippen LogP contribution in [0.25, 0.3) is 0 Å². The highest BCUT2D eigenvalue weighted by Gasteiger charge is 2.14. The smallest absolute Gasteiger partial charge is 0.244 e. The Labute approximate surface area is 152 Å². The molecular formula is C17H13ClF3N5. The van der Waals surface area contributed by atoms with Gasteiger partial charge in [-0.25, -0.2) is 13.2 Å². The minimum Gasteiger partial charge on any atom is -0.353 e. The number of rotatable bonds is 6. The van der Waals surface area contributed by atoms with E-state index in [0.717, 1.165) is 17.7 Å². The van der Waals surface area contributed by atoms with Gasteiger partial charge in [-0.05, 0) is 36.2 Å². The van der Waals surface area contributed by atoms with E-state index in [4.69, 9.17) is 11.6 Å². The molecule has 0 saturated carbocycles. The molecule has 3 aromatic rings. The molecule has 0 aliphatic carbocycles. The summed E-state index contributed by atoms with van der Waals surface area (Å²) in [7, 11) is 0. The van der Waals surface area contributed by atoms with E-state index in [1.807, 2.05) is 12.1 Å². The summed E-state index contributed by atoms with van der Waals surface area (Å²) in [6, 6.07) is 9.32. The van der Waals surface area contributed by atoms with Crippen LogP contribution >= 0.6 is 11.6 Å². The van der Waals surface area contributed by atoms with Crippen LogP contribution in [0.3, 0.4) is 0 Å². The van der Waals surface area contributed by atoms with Crippen LogP contribution < -0.4 is 10.6 Å². The van der Waals surface area contributed by atoms with E-state index in [1.54, 1.807) is 12.1 Å². The maximum Gasteiger partial charge on any atom is 0.244 e. The molecule has 0 aliphatic rings. The van der Waals surface area contributed by atoms with Crippen LogP contribution in [0.15, 0.2) is 42.6 Å². The van der Waals surface area contributed by atoms with Crippen LogP contribution in [-0.4, -0.2) is 21.7 Å². The van der Waals surface area contributed by atoms with Crippen LogP contribution in [-0.2, 0) is 6.42 Å². The van der Waals surface area contributed by atoms with E-state index in [9.17, 15) is 13.2 Å². The molecule has 1 heterocycles. The van der Waals surface area contributed by atoms with Crippen LogP contribution in [0, 0.1) is 17.5 Å². The number of anilines is 3. The molecule has 0 aliphatic heterocycles. The van der Waals surface area contributed by atoms with Gasteiger partial charge >= 0.3 is 0 Å². The van der Waals surface area contributed by atoms with Gasteiger partial charge in [0.25, 0.3) is 0 Å². The third kappa shape index (κ3) is 4.40. The maximum absolute atomic E-state index is 13.7. The number of halogens is 4. The molecule has 0 bridgehead atoms. The molecule has 1 aromatic heterocycles. The van der Waals surface area contributed by atoms with Gasteiger partial charge in [-0.3, -0.25) is 0 Å². The van der Waals surface area contributed by atoms with Gasteiger partial charge in [-0.2, -0.15) is 10.1 Å². The summed E-state index contributed by atoms with van der Waals surface area (Å²) >= 11 is 5.83. The molecule has 2 N–H and O–H groups in total. The van der Waals surface area contributed by atoms with Gasteiger partial charge in [0.05, 0.1) is 11.9 Å². The second-order valence-electron chi connectivity index (χ2n) is 5.32. The van der Waals surface area contributed by atoms with Crippen molar-refractivity contribution in [3.63, 3.8) is 0 Å². The lowest BCUT2D eigenvalue weighted by molar-refractivity contribution is 0.449. The number of nitrogens with zero attached hydrogens (tertiary/aromatic N) is 3. The van der Waals surface area contributed by atoms with Gasteiger partial charge in [0.2, 0.25) is 5.95 Å². The summed E-state index contributed by atoms with van der Waals surface area (Å²) in [6.45, 7) is 0.534. The molecule has 0 atom stereocenters. The second-order valence-corrected chi connectivity index (χ2v) is 5.75. The Balaban J connectivity index is 1.63. The fraction of sp³-hybridized carbons (Fsp3) is 0.118. The second kappa shape index (κ2) is 8.01. The van der Waals surface area contributed by atoms with Crippen molar-refractivity contribution in [3.8, 4) is 0 Å². The average Bonchev–Trinajstić information content (AvgIpc) is 2.64. The van der Waals surface area contributed by atoms with Gasteiger partial charge in [-0.15, -0.1) is 5.10 Å². The predicted molar refractivity (Wildman–Crippen MR) is 93.1 cm³/mol. The Morgan fingerprint density at radius 3 is 2.50 bits per heavy atom. The molecular weight excluding hydrogens is 367 g/mol. The SMILES string of the molecule is Fc1ccc(Nc2cnnc(NCCc3ccc(Cl)cc3)n2)c(F)c1F. The van der Waals surface area contributed by atoms with E-state index in [1.165, 1.54) is 6.20 Å². The summed E-state index contributed by atoms with van der Waals surface area (Å²) in [5.41, 5.74) is 0.824. The fourth-order valence-corrected chi connectivity index (χ4v) is 2.29. The third-order valence-corrected chi connectivity index (χ3v) is 3.72. The lowest BCUT2D eigenvalue weighted by Crippen LogP contribution is -2.10. The monoisotopic (exact) mass is 379 g/mol. The van der Waals surface area contributed by atoms with Crippen molar-refractivity contribution >= 4 is 29.1 Å². The number of aromatic nitrogens is 3. The van der Waals surface area contributed by atoms with Crippen LogP contribution in [0.4, 0.5) is 30.6 Å². The molecule has 9 heteroatoms. The minimum absolute atomic E-state index is 0.138. The maximum atomic E-state index is 13.7. The average molecular weight is 380 g/mol. The molecule has 0 radical (unpaired) electrons. The summed E-state index contributed by atoms with van der Waals surface area (Å²) in [5.74, 6) is -3.80. The highest BCUT2D eigenvalue weighted by molar-refractivity contribution is 6.30. The molecule has 3 rings (SSSR count). The standard InChI is InChI=1S/C17H13ClF3N5/c18-11-3-1-10(2-4-11)7-8-22-17-25-14(9-23-26-17)24-13-6-5-12(19)15(20)16(13)21/h1-6,9H,7-8H2,(H2,22,24,25,26). The number of nitrogens with one attached hydrogen (secondary N) is 2. The first kappa shape index (κ1) is 17.9. The van der Waals surface area contributed by atoms with Gasteiger partial charge in [-0.1, -0.05) is 23.7 Å². The summed E-state index contributed by atoms with van der Waals surface area (Å²) < 4.78 is 39.9. The van der Waals surface area contributed by atoms with Gasteiger partial charge in [0.15, 0.2) is 23.3 Å². The zero-order chi connectivity index (χ0) is 18.5. The van der Waals surface area contributed by atoms with E-state index in [0.29, 0.717) is 18.0 Å². The van der Waals surface area contributed by atoms with E-state index in [-0.39, 0.29) is 17.5 Å². The molecule has 26 heavy (non-hydrogen) atoms. The number of hydrogen-bond acceptors (Lipinski definition) is 5. The Hall–Kier alpha value is -2.87. The molecule has 0 unspecified atom stereocenters. The fourth-order valence-electron chi connectivity index (χ4n) is 2.17. The summed E-state index contributed by atoms with van der Waals surface area (Å²) in [6.07, 6.45) is 1.95. The van der Waals surface area contributed by atoms with Gasteiger partial charge in [0, 0.05) is 11.6 Å². The number of hydrogen-bond donors (Lipinski definition) is 2. The minimum atomic E-state index is -1.56. The third-order valence-electron chi connectivity index (χ3n) is 3.47. The van der Waals surface area contributed by atoms with Crippen molar-refractivity contribution in [1.29, 1.82) is 0 Å². The predicted octanol–water partition coefficient (Wildman–Crippen LogP) is 4.34. The van der Waals surface area contributed by atoms with Crippen molar-refractivity contribution in [2.45, 2.75) is 6.42 Å². The lowest BCUT2D eigenvalue weighted by atomic mass is 10.1. The molecule has 5 nitrogen and oxygen atoms in total. The van der Waals surface area contributed by atoms with Gasteiger partial charge in [0.1, 0.15) is 0 Å². The molecule has 2 aromatic carbocycles. The Kier molecular flexibility index (Phi) is 5.52. The molecule has 134 valence electrons. The normalized spacial score (nSPS) is 10.6. The van der Waals surface area contributed by atoms with E-state index < -0.39 is 17.5 Å². The number of benzene rings is 2. The Bertz CT molecular complexity index is 905.